The molecule has 0 unspecified atom stereocenters. The van der Waals surface area contributed by atoms with E-state index in [4.69, 9.17) is 5.11 Å². The first kappa shape index (κ1) is 14.4. The van der Waals surface area contributed by atoms with Gasteiger partial charge in [-0.25, -0.2) is 4.98 Å². The van der Waals surface area contributed by atoms with Gasteiger partial charge in [-0.3, -0.25) is 9.58 Å². The molecule has 7 heteroatoms. The van der Waals surface area contributed by atoms with E-state index < -0.39 is 6.10 Å². The normalized spacial score (nSPS) is 16.6. The first-order chi connectivity index (χ1) is 11.2. The molecule has 120 valence electrons. The van der Waals surface area contributed by atoms with Crippen molar-refractivity contribution < 1.29 is 10.2 Å². The molecular weight excluding hydrogens is 294 g/mol. The summed E-state index contributed by atoms with van der Waals surface area (Å²) in [7, 11) is 0. The number of fused-ring (bicyclic) bond motifs is 2. The molecule has 3 aromatic rings. The molecule has 0 spiro atoms. The van der Waals surface area contributed by atoms with Crippen LogP contribution in [0.25, 0.3) is 11.0 Å². The van der Waals surface area contributed by atoms with Crippen LogP contribution in [0, 0.1) is 0 Å². The Balaban J connectivity index is 1.50. The van der Waals surface area contributed by atoms with Gasteiger partial charge < -0.3 is 15.2 Å². The maximum atomic E-state index is 9.71. The highest BCUT2D eigenvalue weighted by Gasteiger charge is 2.21. The van der Waals surface area contributed by atoms with E-state index in [9.17, 15) is 5.11 Å². The minimum absolute atomic E-state index is 0.306. The largest absolute Gasteiger partial charge is 0.393 e. The van der Waals surface area contributed by atoms with Crippen molar-refractivity contribution in [2.24, 2.45) is 0 Å². The third-order valence-corrected chi connectivity index (χ3v) is 4.22. The molecule has 0 saturated heterocycles. The number of hydrogen-bond acceptors (Lipinski definition) is 5. The quantitative estimate of drug-likeness (QED) is 0.663. The number of para-hydroxylation sites is 2. The van der Waals surface area contributed by atoms with E-state index in [1.165, 1.54) is 0 Å². The molecule has 0 fully saturated rings. The number of nitrogens with one attached hydrogen (secondary N) is 1. The van der Waals surface area contributed by atoms with Crippen LogP contribution < -0.4 is 0 Å². The molecule has 2 aromatic heterocycles. The molecule has 0 aliphatic carbocycles. The van der Waals surface area contributed by atoms with Crippen molar-refractivity contribution in [3.8, 4) is 0 Å². The topological polar surface area (TPSA) is 90.2 Å². The summed E-state index contributed by atoms with van der Waals surface area (Å²) in [5.41, 5.74) is 3.62. The lowest BCUT2D eigenvalue weighted by Crippen LogP contribution is -2.33. The van der Waals surface area contributed by atoms with E-state index in [0.29, 0.717) is 5.69 Å². The van der Waals surface area contributed by atoms with E-state index >= 15 is 0 Å². The van der Waals surface area contributed by atoms with Gasteiger partial charge in [-0.05, 0) is 18.2 Å². The van der Waals surface area contributed by atoms with Crippen molar-refractivity contribution in [1.82, 2.24) is 24.6 Å². The Hall–Kier alpha value is -2.22. The average molecular weight is 313 g/mol. The Kier molecular flexibility index (Phi) is 3.60. The van der Waals surface area contributed by atoms with Crippen LogP contribution in [0.15, 0.2) is 30.3 Å². The molecule has 23 heavy (non-hydrogen) atoms. The van der Waals surface area contributed by atoms with Gasteiger partial charge in [0.25, 0.3) is 0 Å². The molecule has 0 bridgehead atoms. The van der Waals surface area contributed by atoms with Crippen LogP contribution in [0.3, 0.4) is 0 Å². The van der Waals surface area contributed by atoms with Gasteiger partial charge in [-0.15, -0.1) is 0 Å². The van der Waals surface area contributed by atoms with E-state index in [1.54, 1.807) is 0 Å². The number of aliphatic hydroxyl groups excluding tert-OH is 2. The van der Waals surface area contributed by atoms with Crippen molar-refractivity contribution in [2.45, 2.75) is 25.7 Å². The fourth-order valence-corrected chi connectivity index (χ4v) is 3.03. The third-order valence-electron chi connectivity index (χ3n) is 4.22. The van der Waals surface area contributed by atoms with Gasteiger partial charge in [0, 0.05) is 13.1 Å². The number of aromatic nitrogens is 4. The maximum Gasteiger partial charge on any atom is 0.121 e. The second kappa shape index (κ2) is 5.77. The Morgan fingerprint density at radius 3 is 2.96 bits per heavy atom. The second-order valence-corrected chi connectivity index (χ2v) is 5.89. The monoisotopic (exact) mass is 313 g/mol. The number of benzene rings is 1. The van der Waals surface area contributed by atoms with Crippen LogP contribution in [0.5, 0.6) is 0 Å². The lowest BCUT2D eigenvalue weighted by Gasteiger charge is -2.26. The molecule has 3 heterocycles. The first-order valence-corrected chi connectivity index (χ1v) is 7.74. The van der Waals surface area contributed by atoms with Crippen molar-refractivity contribution in [3.63, 3.8) is 0 Å². The van der Waals surface area contributed by atoms with Crippen LogP contribution in [-0.2, 0) is 19.6 Å². The lowest BCUT2D eigenvalue weighted by molar-refractivity contribution is 0.0915. The van der Waals surface area contributed by atoms with Gasteiger partial charge in [0.15, 0.2) is 0 Å². The van der Waals surface area contributed by atoms with Gasteiger partial charge in [-0.1, -0.05) is 12.1 Å². The van der Waals surface area contributed by atoms with Gasteiger partial charge in [0.2, 0.25) is 0 Å². The van der Waals surface area contributed by atoms with Crippen molar-refractivity contribution in [2.75, 3.05) is 13.2 Å². The van der Waals surface area contributed by atoms with Crippen molar-refractivity contribution in [1.29, 1.82) is 0 Å². The number of imidazole rings is 1. The Morgan fingerprint density at radius 2 is 2.13 bits per heavy atom. The van der Waals surface area contributed by atoms with Gasteiger partial charge in [0.1, 0.15) is 11.9 Å². The number of nitrogens with zero attached hydrogens (tertiary/aromatic N) is 4. The SMILES string of the molecule is OC[C@@H](O)c1cc2n(n1)CCN(Cc1nc3ccccc3[nH]1)C2. The van der Waals surface area contributed by atoms with Crippen molar-refractivity contribution in [3.05, 3.63) is 47.5 Å². The molecule has 0 saturated carbocycles. The summed E-state index contributed by atoms with van der Waals surface area (Å²) < 4.78 is 1.91. The second-order valence-electron chi connectivity index (χ2n) is 5.89. The molecule has 4 rings (SSSR count). The van der Waals surface area contributed by atoms with Crippen LogP contribution in [0.2, 0.25) is 0 Å². The highest BCUT2D eigenvalue weighted by molar-refractivity contribution is 5.74. The summed E-state index contributed by atoms with van der Waals surface area (Å²) in [4.78, 5) is 10.3. The van der Waals surface area contributed by atoms with E-state index in [-0.39, 0.29) is 6.61 Å². The summed E-state index contributed by atoms with van der Waals surface area (Å²) in [6.07, 6.45) is -0.906. The molecule has 0 radical (unpaired) electrons. The zero-order valence-corrected chi connectivity index (χ0v) is 12.7. The molecule has 1 atom stereocenters. The molecule has 1 aliphatic rings. The molecule has 1 aromatic carbocycles. The first-order valence-electron chi connectivity index (χ1n) is 7.74. The Morgan fingerprint density at radius 1 is 1.26 bits per heavy atom. The fourth-order valence-electron chi connectivity index (χ4n) is 3.03. The van der Waals surface area contributed by atoms with E-state index in [2.05, 4.69) is 20.0 Å². The lowest BCUT2D eigenvalue weighted by atomic mass is 10.2. The van der Waals surface area contributed by atoms with Crippen LogP contribution in [0.4, 0.5) is 0 Å². The molecule has 3 N–H and O–H groups in total. The fraction of sp³-hybridized carbons (Fsp3) is 0.375. The highest BCUT2D eigenvalue weighted by atomic mass is 16.3. The molecule has 0 amide bonds. The molecule has 7 nitrogen and oxygen atoms in total. The minimum Gasteiger partial charge on any atom is -0.393 e. The number of aliphatic hydroxyl groups is 2. The number of aromatic amines is 1. The summed E-state index contributed by atoms with van der Waals surface area (Å²) >= 11 is 0. The maximum absolute atomic E-state index is 9.71. The number of H-pyrrole nitrogens is 1. The zero-order chi connectivity index (χ0) is 15.8. The molecule has 1 aliphatic heterocycles. The van der Waals surface area contributed by atoms with Gasteiger partial charge in [-0.2, -0.15) is 5.10 Å². The van der Waals surface area contributed by atoms with Gasteiger partial charge >= 0.3 is 0 Å². The standard InChI is InChI=1S/C16H19N5O2/c22-10-15(23)14-7-11-8-20(5-6-21(11)19-14)9-16-17-12-3-1-2-4-13(12)18-16/h1-4,7,15,22-23H,5-6,8-10H2,(H,17,18)/t15-/m1/s1. The number of rotatable bonds is 4. The van der Waals surface area contributed by atoms with E-state index in [0.717, 1.165) is 48.7 Å². The van der Waals surface area contributed by atoms with Crippen LogP contribution in [0.1, 0.15) is 23.3 Å². The summed E-state index contributed by atoms with van der Waals surface area (Å²) in [6, 6.07) is 9.88. The average Bonchev–Trinajstić information content (AvgIpc) is 3.16. The third kappa shape index (κ3) is 2.74. The summed E-state index contributed by atoms with van der Waals surface area (Å²) in [5.74, 6) is 0.954. The predicted octanol–water partition coefficient (Wildman–Crippen LogP) is 0.801. The zero-order valence-electron chi connectivity index (χ0n) is 12.7. The van der Waals surface area contributed by atoms with E-state index in [1.807, 2.05) is 35.0 Å². The molecular formula is C16H19N5O2. The number of hydrogen-bond donors (Lipinski definition) is 3. The van der Waals surface area contributed by atoms with Crippen LogP contribution in [-0.4, -0.2) is 48.0 Å². The summed E-state index contributed by atoms with van der Waals surface area (Å²) in [5, 5.41) is 23.1. The smallest absolute Gasteiger partial charge is 0.121 e. The van der Waals surface area contributed by atoms with Gasteiger partial charge in [0.05, 0.1) is 42.1 Å². The van der Waals surface area contributed by atoms with Crippen molar-refractivity contribution >= 4 is 11.0 Å². The predicted molar refractivity (Wildman–Crippen MR) is 84.5 cm³/mol. The highest BCUT2D eigenvalue weighted by Crippen LogP contribution is 2.19. The minimum atomic E-state index is -0.906. The Labute approximate surface area is 133 Å². The van der Waals surface area contributed by atoms with Crippen LogP contribution >= 0.6 is 0 Å². The summed E-state index contributed by atoms with van der Waals surface area (Å²) in [6.45, 7) is 2.84. The Bertz CT molecular complexity index is 792.